The number of carbonyl (C=O) groups is 1. The highest BCUT2D eigenvalue weighted by Crippen LogP contribution is 2.19. The van der Waals surface area contributed by atoms with Crippen LogP contribution in [-0.4, -0.2) is 66.8 Å². The summed E-state index contributed by atoms with van der Waals surface area (Å²) in [7, 11) is 0. The van der Waals surface area contributed by atoms with Crippen molar-refractivity contribution in [3.05, 3.63) is 0 Å². The zero-order valence-corrected chi connectivity index (χ0v) is 14.5. The Hall–Kier alpha value is -0.810. The summed E-state index contributed by atoms with van der Waals surface area (Å²) in [6.07, 6.45) is 6.04. The Kier molecular flexibility index (Phi) is 6.96. The molecular formula is C17H33N3O2. The molecule has 2 atom stereocenters. The predicted octanol–water partition coefficient (Wildman–Crippen LogP) is 2.46. The molecule has 128 valence electrons. The summed E-state index contributed by atoms with van der Waals surface area (Å²) < 4.78 is 5.74. The van der Waals surface area contributed by atoms with Gasteiger partial charge in [0.25, 0.3) is 0 Å². The fourth-order valence-corrected chi connectivity index (χ4v) is 3.68. The number of carbonyl (C=O) groups excluding carboxylic acids is 1. The molecule has 0 radical (unpaired) electrons. The Balaban J connectivity index is 1.70. The van der Waals surface area contributed by atoms with Crippen molar-refractivity contribution in [2.45, 2.75) is 71.1 Å². The molecule has 1 N–H and O–H groups in total. The van der Waals surface area contributed by atoms with Gasteiger partial charge < -0.3 is 19.9 Å². The maximum atomic E-state index is 12.4. The van der Waals surface area contributed by atoms with Crippen LogP contribution in [0.4, 0.5) is 4.79 Å². The molecule has 22 heavy (non-hydrogen) atoms. The largest absolute Gasteiger partial charge is 0.375 e. The van der Waals surface area contributed by atoms with Crippen LogP contribution < -0.4 is 5.32 Å². The molecule has 0 bridgehead atoms. The fraction of sp³-hybridized carbons (Fsp3) is 0.941. The van der Waals surface area contributed by atoms with Crippen LogP contribution in [0.15, 0.2) is 0 Å². The number of nitrogens with zero attached hydrogens (tertiary/aromatic N) is 2. The van der Waals surface area contributed by atoms with Gasteiger partial charge in [0, 0.05) is 19.1 Å². The summed E-state index contributed by atoms with van der Waals surface area (Å²) in [5.41, 5.74) is 0. The van der Waals surface area contributed by atoms with E-state index < -0.39 is 0 Å². The van der Waals surface area contributed by atoms with Crippen LogP contribution in [0.5, 0.6) is 0 Å². The minimum atomic E-state index is 0.0928. The maximum absolute atomic E-state index is 12.4. The van der Waals surface area contributed by atoms with E-state index in [1.54, 1.807) is 0 Å². The number of hydrogen-bond acceptors (Lipinski definition) is 3. The predicted molar refractivity (Wildman–Crippen MR) is 89.1 cm³/mol. The Morgan fingerprint density at radius 3 is 2.45 bits per heavy atom. The van der Waals surface area contributed by atoms with E-state index in [-0.39, 0.29) is 24.3 Å². The quantitative estimate of drug-likeness (QED) is 0.819. The topological polar surface area (TPSA) is 44.8 Å². The molecule has 2 rings (SSSR count). The van der Waals surface area contributed by atoms with Crippen LogP contribution in [-0.2, 0) is 4.74 Å². The van der Waals surface area contributed by atoms with Crippen LogP contribution >= 0.6 is 0 Å². The average molecular weight is 311 g/mol. The normalized spacial score (nSPS) is 29.5. The van der Waals surface area contributed by atoms with Gasteiger partial charge >= 0.3 is 6.03 Å². The fourth-order valence-electron chi connectivity index (χ4n) is 3.68. The van der Waals surface area contributed by atoms with E-state index >= 15 is 0 Å². The lowest BCUT2D eigenvalue weighted by molar-refractivity contribution is -0.0407. The molecule has 2 fully saturated rings. The van der Waals surface area contributed by atoms with Gasteiger partial charge in [0.05, 0.1) is 12.2 Å². The number of likely N-dealkylation sites (tertiary alicyclic amines) is 1. The van der Waals surface area contributed by atoms with Crippen LogP contribution in [0, 0.1) is 0 Å². The first kappa shape index (κ1) is 17.5. The lowest BCUT2D eigenvalue weighted by atomic mass is 10.00. The van der Waals surface area contributed by atoms with E-state index in [2.05, 4.69) is 31.0 Å². The van der Waals surface area contributed by atoms with Crippen molar-refractivity contribution in [3.63, 3.8) is 0 Å². The summed E-state index contributed by atoms with van der Waals surface area (Å²) in [5.74, 6) is 0. The molecule has 0 aromatic rings. The smallest absolute Gasteiger partial charge is 0.317 e. The molecular weight excluding hydrogens is 278 g/mol. The summed E-state index contributed by atoms with van der Waals surface area (Å²) >= 11 is 0. The third kappa shape index (κ3) is 5.43. The van der Waals surface area contributed by atoms with Gasteiger partial charge in [0.1, 0.15) is 0 Å². The van der Waals surface area contributed by atoms with Crippen molar-refractivity contribution in [3.8, 4) is 0 Å². The minimum absolute atomic E-state index is 0.0928. The Bertz CT molecular complexity index is 335. The number of nitrogens with one attached hydrogen (secondary N) is 1. The zero-order valence-electron chi connectivity index (χ0n) is 14.5. The standard InChI is InChI=1S/C17H33N3O2/c1-4-20(11-7-10-19-8-5-6-9-19)17(21)18-16-12-14(2)22-15(3)13-16/h14-16H,4-13H2,1-3H3,(H,18,21)/t14-,15-/m0/s1. The van der Waals surface area contributed by atoms with Gasteiger partial charge in [0.15, 0.2) is 0 Å². The molecule has 0 saturated carbocycles. The molecule has 5 nitrogen and oxygen atoms in total. The lowest BCUT2D eigenvalue weighted by Crippen LogP contribution is -2.49. The number of urea groups is 1. The van der Waals surface area contributed by atoms with Gasteiger partial charge in [0.2, 0.25) is 0 Å². The van der Waals surface area contributed by atoms with Gasteiger partial charge in [-0.15, -0.1) is 0 Å². The number of hydrogen-bond donors (Lipinski definition) is 1. The lowest BCUT2D eigenvalue weighted by Gasteiger charge is -2.34. The summed E-state index contributed by atoms with van der Waals surface area (Å²) in [5, 5.41) is 3.20. The van der Waals surface area contributed by atoms with Gasteiger partial charge in [-0.3, -0.25) is 0 Å². The second-order valence-corrected chi connectivity index (χ2v) is 6.86. The average Bonchev–Trinajstić information content (AvgIpc) is 2.95. The van der Waals surface area contributed by atoms with Crippen LogP contribution in [0.1, 0.15) is 52.9 Å². The molecule has 2 saturated heterocycles. The highest BCUT2D eigenvalue weighted by Gasteiger charge is 2.26. The van der Waals surface area contributed by atoms with Crippen LogP contribution in [0.3, 0.4) is 0 Å². The molecule has 0 spiro atoms. The first-order valence-corrected chi connectivity index (χ1v) is 9.01. The molecule has 2 amide bonds. The van der Waals surface area contributed by atoms with Gasteiger partial charge in [-0.1, -0.05) is 0 Å². The van der Waals surface area contributed by atoms with Gasteiger partial charge in [-0.2, -0.15) is 0 Å². The molecule has 5 heteroatoms. The Labute approximate surface area is 135 Å². The van der Waals surface area contributed by atoms with Gasteiger partial charge in [-0.05, 0) is 72.5 Å². The van der Waals surface area contributed by atoms with Crippen LogP contribution in [0.2, 0.25) is 0 Å². The van der Waals surface area contributed by atoms with Crippen molar-refractivity contribution >= 4 is 6.03 Å². The molecule has 0 aromatic heterocycles. The van der Waals surface area contributed by atoms with Crippen molar-refractivity contribution in [1.82, 2.24) is 15.1 Å². The molecule has 2 aliphatic heterocycles. The molecule has 2 heterocycles. The third-order valence-electron chi connectivity index (χ3n) is 4.80. The van der Waals surface area contributed by atoms with E-state index in [0.29, 0.717) is 0 Å². The molecule has 0 aliphatic carbocycles. The zero-order chi connectivity index (χ0) is 15.9. The summed E-state index contributed by atoms with van der Waals surface area (Å²) in [4.78, 5) is 16.9. The number of amides is 2. The van der Waals surface area contributed by atoms with Crippen molar-refractivity contribution in [2.75, 3.05) is 32.7 Å². The monoisotopic (exact) mass is 311 g/mol. The van der Waals surface area contributed by atoms with E-state index in [4.69, 9.17) is 4.74 Å². The first-order valence-electron chi connectivity index (χ1n) is 9.01. The van der Waals surface area contributed by atoms with E-state index in [9.17, 15) is 4.79 Å². The Morgan fingerprint density at radius 1 is 1.23 bits per heavy atom. The highest BCUT2D eigenvalue weighted by atomic mass is 16.5. The number of ether oxygens (including phenoxy) is 1. The van der Waals surface area contributed by atoms with E-state index in [1.165, 1.54) is 25.9 Å². The molecule has 0 aromatic carbocycles. The van der Waals surface area contributed by atoms with E-state index in [1.807, 2.05) is 4.90 Å². The highest BCUT2D eigenvalue weighted by molar-refractivity contribution is 5.74. The minimum Gasteiger partial charge on any atom is -0.375 e. The third-order valence-corrected chi connectivity index (χ3v) is 4.80. The summed E-state index contributed by atoms with van der Waals surface area (Å²) in [6, 6.07) is 0.342. The second kappa shape index (κ2) is 8.73. The second-order valence-electron chi connectivity index (χ2n) is 6.86. The maximum Gasteiger partial charge on any atom is 0.317 e. The SMILES string of the molecule is CCN(CCCN1CCCC1)C(=O)NC1C[C@H](C)O[C@@H](C)C1. The molecule has 2 aliphatic rings. The van der Waals surface area contributed by atoms with Crippen LogP contribution in [0.25, 0.3) is 0 Å². The summed E-state index contributed by atoms with van der Waals surface area (Å²) in [6.45, 7) is 11.4. The number of rotatable bonds is 6. The molecule has 0 unspecified atom stereocenters. The van der Waals surface area contributed by atoms with Crippen molar-refractivity contribution < 1.29 is 9.53 Å². The van der Waals surface area contributed by atoms with Gasteiger partial charge in [-0.25, -0.2) is 4.79 Å². The van der Waals surface area contributed by atoms with Crippen molar-refractivity contribution in [1.29, 1.82) is 0 Å². The van der Waals surface area contributed by atoms with E-state index in [0.717, 1.165) is 38.9 Å². The first-order chi connectivity index (χ1) is 10.6. The Morgan fingerprint density at radius 2 is 1.86 bits per heavy atom. The van der Waals surface area contributed by atoms with Crippen molar-refractivity contribution in [2.24, 2.45) is 0 Å².